The first kappa shape index (κ1) is 21.0. The monoisotopic (exact) mass is 411 g/mol. The number of pyridine rings is 1. The van der Waals surface area contributed by atoms with Crippen LogP contribution in [0.3, 0.4) is 0 Å². The second kappa shape index (κ2) is 9.21. The van der Waals surface area contributed by atoms with E-state index in [1.807, 2.05) is 26.2 Å². The van der Waals surface area contributed by atoms with E-state index in [0.29, 0.717) is 46.6 Å². The molecule has 0 saturated heterocycles. The zero-order chi connectivity index (χ0) is 21.7. The molecule has 0 atom stereocenters. The van der Waals surface area contributed by atoms with Crippen LogP contribution in [-0.2, 0) is 6.54 Å². The first-order valence-corrected chi connectivity index (χ1v) is 9.27. The molecule has 3 aromatic rings. The van der Waals surface area contributed by atoms with Crippen molar-refractivity contribution in [3.05, 3.63) is 54.0 Å². The molecule has 0 aliphatic heterocycles. The third-order valence-electron chi connectivity index (χ3n) is 4.51. The van der Waals surface area contributed by atoms with Crippen LogP contribution in [0.25, 0.3) is 11.3 Å². The predicted octanol–water partition coefficient (Wildman–Crippen LogP) is 3.36. The number of hydrogen-bond donors (Lipinski definition) is 1. The highest BCUT2D eigenvalue weighted by Gasteiger charge is 2.19. The number of benzene rings is 1. The Kier molecular flexibility index (Phi) is 6.46. The smallest absolute Gasteiger partial charge is 0.255 e. The number of amides is 1. The van der Waals surface area contributed by atoms with E-state index >= 15 is 0 Å². The summed E-state index contributed by atoms with van der Waals surface area (Å²) < 4.78 is 21.5. The van der Waals surface area contributed by atoms with Gasteiger partial charge >= 0.3 is 0 Å². The normalized spacial score (nSPS) is 10.4. The molecule has 1 N–H and O–H groups in total. The number of carbonyl (C=O) groups is 1. The van der Waals surface area contributed by atoms with Gasteiger partial charge in [0, 0.05) is 19.7 Å². The highest BCUT2D eigenvalue weighted by molar-refractivity contribution is 5.99. The minimum Gasteiger partial charge on any atom is -0.493 e. The van der Waals surface area contributed by atoms with Gasteiger partial charge in [0.05, 0.1) is 45.4 Å². The second-order valence-electron chi connectivity index (χ2n) is 6.64. The molecule has 8 heteroatoms. The molecule has 2 aromatic heterocycles. The Labute approximate surface area is 175 Å². The van der Waals surface area contributed by atoms with Crippen LogP contribution in [0.2, 0.25) is 0 Å². The van der Waals surface area contributed by atoms with Gasteiger partial charge in [-0.15, -0.1) is 0 Å². The van der Waals surface area contributed by atoms with Gasteiger partial charge in [0.2, 0.25) is 5.75 Å². The maximum absolute atomic E-state index is 12.7. The van der Waals surface area contributed by atoms with Crippen molar-refractivity contribution in [3.8, 4) is 28.5 Å². The first-order valence-electron chi connectivity index (χ1n) is 9.27. The van der Waals surface area contributed by atoms with E-state index < -0.39 is 0 Å². The maximum Gasteiger partial charge on any atom is 0.255 e. The summed E-state index contributed by atoms with van der Waals surface area (Å²) in [5.74, 6) is 2.54. The summed E-state index contributed by atoms with van der Waals surface area (Å²) in [7, 11) is 8.35. The van der Waals surface area contributed by atoms with Gasteiger partial charge in [-0.25, -0.2) is 4.98 Å². The Morgan fingerprint density at radius 3 is 2.30 bits per heavy atom. The minimum atomic E-state index is -0.237. The van der Waals surface area contributed by atoms with Gasteiger partial charge in [-0.3, -0.25) is 4.79 Å². The Morgan fingerprint density at radius 1 is 1.07 bits per heavy atom. The van der Waals surface area contributed by atoms with Crippen molar-refractivity contribution in [1.82, 2.24) is 10.3 Å². The number of carbonyl (C=O) groups excluding carboxylic acids is 1. The van der Waals surface area contributed by atoms with E-state index in [0.717, 1.165) is 5.56 Å². The molecule has 1 aromatic carbocycles. The molecule has 0 bridgehead atoms. The zero-order valence-electron chi connectivity index (χ0n) is 17.7. The molecule has 2 heterocycles. The molecule has 3 rings (SSSR count). The number of methoxy groups -OCH3 is 3. The van der Waals surface area contributed by atoms with Crippen LogP contribution >= 0.6 is 0 Å². The van der Waals surface area contributed by atoms with Crippen LogP contribution in [0, 0.1) is 0 Å². The van der Waals surface area contributed by atoms with E-state index in [4.69, 9.17) is 23.6 Å². The molecule has 0 saturated carbocycles. The first-order chi connectivity index (χ1) is 14.5. The van der Waals surface area contributed by atoms with Gasteiger partial charge in [0.1, 0.15) is 11.6 Å². The number of aromatic nitrogens is 1. The number of anilines is 1. The fraction of sp³-hybridized carbons (Fsp3) is 0.273. The van der Waals surface area contributed by atoms with Crippen LogP contribution in [0.1, 0.15) is 16.1 Å². The average Bonchev–Trinajstić information content (AvgIpc) is 3.29. The highest BCUT2D eigenvalue weighted by atomic mass is 16.5. The number of ether oxygens (including phenoxy) is 3. The molecule has 0 aliphatic carbocycles. The lowest BCUT2D eigenvalue weighted by Crippen LogP contribution is -2.26. The Hall–Kier alpha value is -3.68. The van der Waals surface area contributed by atoms with E-state index in [1.165, 1.54) is 0 Å². The van der Waals surface area contributed by atoms with Crippen molar-refractivity contribution in [1.29, 1.82) is 0 Å². The Bertz CT molecular complexity index is 991. The Morgan fingerprint density at radius 2 is 1.77 bits per heavy atom. The van der Waals surface area contributed by atoms with Gasteiger partial charge in [0.15, 0.2) is 11.5 Å². The maximum atomic E-state index is 12.7. The third-order valence-corrected chi connectivity index (χ3v) is 4.51. The van der Waals surface area contributed by atoms with Gasteiger partial charge in [-0.05, 0) is 36.4 Å². The van der Waals surface area contributed by atoms with Crippen LogP contribution in [0.5, 0.6) is 17.2 Å². The van der Waals surface area contributed by atoms with Gasteiger partial charge in [0.25, 0.3) is 5.91 Å². The van der Waals surface area contributed by atoms with Crippen molar-refractivity contribution < 1.29 is 23.4 Å². The summed E-state index contributed by atoms with van der Waals surface area (Å²) in [5, 5.41) is 2.85. The summed E-state index contributed by atoms with van der Waals surface area (Å²) in [5.41, 5.74) is 1.90. The molecule has 30 heavy (non-hydrogen) atoms. The number of nitrogens with one attached hydrogen (secondary N) is 1. The van der Waals surface area contributed by atoms with Crippen LogP contribution in [0.4, 0.5) is 5.82 Å². The summed E-state index contributed by atoms with van der Waals surface area (Å²) in [4.78, 5) is 19.2. The number of furan rings is 1. The quantitative estimate of drug-likeness (QED) is 0.608. The van der Waals surface area contributed by atoms with Crippen molar-refractivity contribution in [2.24, 2.45) is 0 Å². The van der Waals surface area contributed by atoms with Crippen molar-refractivity contribution in [2.45, 2.75) is 6.54 Å². The average molecular weight is 411 g/mol. The summed E-state index contributed by atoms with van der Waals surface area (Å²) in [6.45, 7) is 0.299. The lowest BCUT2D eigenvalue weighted by atomic mass is 10.1. The number of hydrogen-bond acceptors (Lipinski definition) is 7. The van der Waals surface area contributed by atoms with Crippen molar-refractivity contribution in [2.75, 3.05) is 40.3 Å². The molecular formula is C22H25N3O5. The molecule has 8 nitrogen and oxygen atoms in total. The molecule has 0 aliphatic rings. The van der Waals surface area contributed by atoms with Gasteiger partial charge < -0.3 is 28.8 Å². The molecule has 0 radical (unpaired) electrons. The van der Waals surface area contributed by atoms with Crippen LogP contribution in [-0.4, -0.2) is 46.3 Å². The van der Waals surface area contributed by atoms with Gasteiger partial charge in [-0.2, -0.15) is 0 Å². The summed E-state index contributed by atoms with van der Waals surface area (Å²) in [6.07, 6.45) is 1.57. The second-order valence-corrected chi connectivity index (χ2v) is 6.64. The zero-order valence-corrected chi connectivity index (χ0v) is 17.7. The molecular weight excluding hydrogens is 386 g/mol. The van der Waals surface area contributed by atoms with Crippen LogP contribution < -0.4 is 24.4 Å². The molecule has 0 spiro atoms. The lowest BCUT2D eigenvalue weighted by Gasteiger charge is -2.18. The summed E-state index contributed by atoms with van der Waals surface area (Å²) >= 11 is 0. The number of rotatable bonds is 8. The SMILES string of the molecule is COc1cc(-c2ccc(C(=O)NCc3ccco3)c(N(C)C)n2)cc(OC)c1OC. The largest absolute Gasteiger partial charge is 0.493 e. The van der Waals surface area contributed by atoms with Crippen LogP contribution in [0.15, 0.2) is 47.1 Å². The van der Waals surface area contributed by atoms with E-state index in [2.05, 4.69) is 5.32 Å². The highest BCUT2D eigenvalue weighted by Crippen LogP contribution is 2.41. The fourth-order valence-electron chi connectivity index (χ4n) is 3.03. The fourth-order valence-corrected chi connectivity index (χ4v) is 3.03. The molecule has 158 valence electrons. The molecule has 0 fully saturated rings. The summed E-state index contributed by atoms with van der Waals surface area (Å²) in [6, 6.07) is 10.8. The van der Waals surface area contributed by atoms with Crippen molar-refractivity contribution >= 4 is 11.7 Å². The molecule has 0 unspecified atom stereocenters. The predicted molar refractivity (Wildman–Crippen MR) is 114 cm³/mol. The Balaban J connectivity index is 1.96. The van der Waals surface area contributed by atoms with Gasteiger partial charge in [-0.1, -0.05) is 0 Å². The third kappa shape index (κ3) is 4.32. The minimum absolute atomic E-state index is 0.237. The molecule has 1 amide bonds. The van der Waals surface area contributed by atoms with E-state index in [-0.39, 0.29) is 5.91 Å². The topological polar surface area (TPSA) is 86.1 Å². The van der Waals surface area contributed by atoms with Crippen molar-refractivity contribution in [3.63, 3.8) is 0 Å². The van der Waals surface area contributed by atoms with E-state index in [9.17, 15) is 4.79 Å². The number of nitrogens with zero attached hydrogens (tertiary/aromatic N) is 2. The standard InChI is InChI=1S/C22H25N3O5/c1-25(2)21-16(22(26)23-13-15-7-6-10-30-15)8-9-17(24-21)14-11-18(27-3)20(29-5)19(12-14)28-4/h6-12H,13H2,1-5H3,(H,23,26). The van der Waals surface area contributed by atoms with E-state index in [1.54, 1.807) is 56.8 Å². The lowest BCUT2D eigenvalue weighted by molar-refractivity contribution is 0.0948.